The van der Waals surface area contributed by atoms with E-state index in [1.54, 1.807) is 0 Å². The van der Waals surface area contributed by atoms with Gasteiger partial charge in [0.1, 0.15) is 4.34 Å². The summed E-state index contributed by atoms with van der Waals surface area (Å²) < 4.78 is 0.754. The Bertz CT molecular complexity index is 695. The minimum atomic E-state index is 0.725. The van der Waals surface area contributed by atoms with E-state index in [1.165, 1.54) is 11.3 Å². The van der Waals surface area contributed by atoms with Crippen LogP contribution in [0.25, 0.3) is 11.0 Å². The number of nitrogens with one attached hydrogen (secondary N) is 2. The number of anilines is 2. The number of H-pyrrole nitrogens is 1. The Labute approximate surface area is 114 Å². The molecule has 0 saturated heterocycles. The molecule has 0 spiro atoms. The summed E-state index contributed by atoms with van der Waals surface area (Å²) in [6, 6.07) is 6.08. The lowest BCUT2D eigenvalue weighted by molar-refractivity contribution is 1.30. The monoisotopic (exact) mass is 277 g/mol. The maximum absolute atomic E-state index is 6.14. The highest BCUT2D eigenvalue weighted by atomic mass is 35.5. The standard InChI is InChI=1S/C13H12ClN3S/c1-7-4-3-5-9-10(7)16-13(15-9)17-11-8(2)6-18-12(11)14/h3-6H,1-2H3,(H2,15,16,17). The zero-order chi connectivity index (χ0) is 12.7. The highest BCUT2D eigenvalue weighted by Gasteiger charge is 2.10. The second kappa shape index (κ2) is 4.30. The molecule has 2 N–H and O–H groups in total. The van der Waals surface area contributed by atoms with Crippen LogP contribution in [-0.2, 0) is 0 Å². The lowest BCUT2D eigenvalue weighted by atomic mass is 10.2. The number of fused-ring (bicyclic) bond motifs is 1. The van der Waals surface area contributed by atoms with Gasteiger partial charge in [-0.25, -0.2) is 4.98 Å². The van der Waals surface area contributed by atoms with Gasteiger partial charge in [0.15, 0.2) is 0 Å². The molecule has 92 valence electrons. The van der Waals surface area contributed by atoms with Gasteiger partial charge in [0, 0.05) is 0 Å². The molecule has 0 aliphatic rings. The van der Waals surface area contributed by atoms with E-state index < -0.39 is 0 Å². The van der Waals surface area contributed by atoms with Crippen LogP contribution in [0, 0.1) is 13.8 Å². The molecule has 3 rings (SSSR count). The Morgan fingerprint density at radius 1 is 1.28 bits per heavy atom. The Hall–Kier alpha value is -1.52. The molecule has 0 bridgehead atoms. The molecule has 0 fully saturated rings. The van der Waals surface area contributed by atoms with E-state index in [0.29, 0.717) is 0 Å². The van der Waals surface area contributed by atoms with Crippen molar-refractivity contribution in [1.82, 2.24) is 9.97 Å². The number of thiophene rings is 1. The largest absolute Gasteiger partial charge is 0.324 e. The van der Waals surface area contributed by atoms with E-state index in [4.69, 9.17) is 11.6 Å². The molecule has 3 aromatic rings. The number of halogens is 1. The molecule has 2 heterocycles. The number of aromatic amines is 1. The van der Waals surface area contributed by atoms with Crippen LogP contribution in [0.2, 0.25) is 4.34 Å². The SMILES string of the molecule is Cc1csc(Cl)c1Nc1nc2c(C)cccc2[nH]1. The maximum Gasteiger partial charge on any atom is 0.205 e. The number of rotatable bonds is 2. The number of hydrogen-bond donors (Lipinski definition) is 2. The van der Waals surface area contributed by atoms with Crippen molar-refractivity contribution >= 4 is 45.6 Å². The number of aryl methyl sites for hydroxylation is 2. The second-order valence-corrected chi connectivity index (χ2v) is 5.73. The first-order chi connectivity index (χ1) is 8.65. The van der Waals surface area contributed by atoms with Crippen LogP contribution in [0.5, 0.6) is 0 Å². The summed E-state index contributed by atoms with van der Waals surface area (Å²) in [7, 11) is 0. The summed E-state index contributed by atoms with van der Waals surface area (Å²) >= 11 is 7.66. The fourth-order valence-electron chi connectivity index (χ4n) is 1.91. The topological polar surface area (TPSA) is 40.7 Å². The summed E-state index contributed by atoms with van der Waals surface area (Å²) in [5.41, 5.74) is 5.23. The maximum atomic E-state index is 6.14. The molecule has 0 amide bonds. The first-order valence-corrected chi connectivity index (χ1v) is 6.87. The van der Waals surface area contributed by atoms with E-state index in [2.05, 4.69) is 28.3 Å². The Morgan fingerprint density at radius 2 is 2.11 bits per heavy atom. The molecule has 0 radical (unpaired) electrons. The zero-order valence-corrected chi connectivity index (χ0v) is 11.6. The molecule has 0 aliphatic carbocycles. The molecule has 3 nitrogen and oxygen atoms in total. The van der Waals surface area contributed by atoms with Gasteiger partial charge >= 0.3 is 0 Å². The van der Waals surface area contributed by atoms with Crippen molar-refractivity contribution in [2.24, 2.45) is 0 Å². The van der Waals surface area contributed by atoms with E-state index in [-0.39, 0.29) is 0 Å². The highest BCUT2D eigenvalue weighted by Crippen LogP contribution is 2.34. The van der Waals surface area contributed by atoms with Gasteiger partial charge in [0.2, 0.25) is 5.95 Å². The third-order valence-corrected chi connectivity index (χ3v) is 4.23. The fourth-order valence-corrected chi connectivity index (χ4v) is 2.97. The normalized spacial score (nSPS) is 11.1. The van der Waals surface area contributed by atoms with Crippen LogP contribution in [-0.4, -0.2) is 9.97 Å². The molecule has 0 atom stereocenters. The van der Waals surface area contributed by atoms with Gasteiger partial charge < -0.3 is 10.3 Å². The van der Waals surface area contributed by atoms with Crippen LogP contribution in [0.4, 0.5) is 11.6 Å². The van der Waals surface area contributed by atoms with Gasteiger partial charge in [0.05, 0.1) is 16.7 Å². The van der Waals surface area contributed by atoms with Gasteiger partial charge in [-0.2, -0.15) is 0 Å². The summed E-state index contributed by atoms with van der Waals surface area (Å²) in [4.78, 5) is 7.80. The molecule has 0 saturated carbocycles. The van der Waals surface area contributed by atoms with E-state index in [0.717, 1.165) is 38.1 Å². The average molecular weight is 278 g/mol. The molecule has 18 heavy (non-hydrogen) atoms. The number of imidazole rings is 1. The van der Waals surface area contributed by atoms with E-state index >= 15 is 0 Å². The van der Waals surface area contributed by atoms with Crippen LogP contribution >= 0.6 is 22.9 Å². The zero-order valence-electron chi connectivity index (χ0n) is 10.0. The highest BCUT2D eigenvalue weighted by molar-refractivity contribution is 7.15. The first-order valence-electron chi connectivity index (χ1n) is 5.61. The molecule has 5 heteroatoms. The van der Waals surface area contributed by atoms with Crippen molar-refractivity contribution in [1.29, 1.82) is 0 Å². The van der Waals surface area contributed by atoms with Gasteiger partial charge in [-0.15, -0.1) is 11.3 Å². The van der Waals surface area contributed by atoms with Crippen molar-refractivity contribution in [3.63, 3.8) is 0 Å². The number of benzene rings is 1. The first kappa shape index (κ1) is 11.6. The third kappa shape index (κ3) is 1.87. The van der Waals surface area contributed by atoms with Gasteiger partial charge in [0.25, 0.3) is 0 Å². The summed E-state index contributed by atoms with van der Waals surface area (Å²) in [5, 5.41) is 5.28. The van der Waals surface area contributed by atoms with Gasteiger partial charge in [-0.05, 0) is 36.4 Å². The van der Waals surface area contributed by atoms with E-state index in [9.17, 15) is 0 Å². The molecule has 0 unspecified atom stereocenters. The molecular weight excluding hydrogens is 266 g/mol. The lowest BCUT2D eigenvalue weighted by Crippen LogP contribution is -1.92. The lowest BCUT2D eigenvalue weighted by Gasteiger charge is -2.01. The van der Waals surface area contributed by atoms with Crippen molar-refractivity contribution in [2.75, 3.05) is 5.32 Å². The van der Waals surface area contributed by atoms with Gasteiger partial charge in [-0.1, -0.05) is 23.7 Å². The average Bonchev–Trinajstić information content (AvgIpc) is 2.89. The molecule has 0 aliphatic heterocycles. The predicted molar refractivity (Wildman–Crippen MR) is 78.2 cm³/mol. The number of aromatic nitrogens is 2. The van der Waals surface area contributed by atoms with Crippen LogP contribution < -0.4 is 5.32 Å². The van der Waals surface area contributed by atoms with Crippen molar-refractivity contribution in [3.05, 3.63) is 39.0 Å². The van der Waals surface area contributed by atoms with Crippen molar-refractivity contribution in [3.8, 4) is 0 Å². The number of para-hydroxylation sites is 1. The fraction of sp³-hybridized carbons (Fsp3) is 0.154. The predicted octanol–water partition coefficient (Wildman–Crippen LogP) is 4.64. The van der Waals surface area contributed by atoms with Crippen LogP contribution in [0.1, 0.15) is 11.1 Å². The smallest absolute Gasteiger partial charge is 0.205 e. The Morgan fingerprint density at radius 3 is 2.78 bits per heavy atom. The minimum Gasteiger partial charge on any atom is -0.324 e. The Kier molecular flexibility index (Phi) is 2.76. The number of nitrogens with zero attached hydrogens (tertiary/aromatic N) is 1. The second-order valence-electron chi connectivity index (χ2n) is 4.25. The number of hydrogen-bond acceptors (Lipinski definition) is 3. The van der Waals surface area contributed by atoms with Gasteiger partial charge in [-0.3, -0.25) is 0 Å². The van der Waals surface area contributed by atoms with Crippen molar-refractivity contribution in [2.45, 2.75) is 13.8 Å². The van der Waals surface area contributed by atoms with Crippen LogP contribution in [0.3, 0.4) is 0 Å². The van der Waals surface area contributed by atoms with Crippen molar-refractivity contribution < 1.29 is 0 Å². The quantitative estimate of drug-likeness (QED) is 0.716. The summed E-state index contributed by atoms with van der Waals surface area (Å²) in [6.45, 7) is 4.08. The Balaban J connectivity index is 2.03. The molecule has 2 aromatic heterocycles. The summed E-state index contributed by atoms with van der Waals surface area (Å²) in [6.07, 6.45) is 0. The molecular formula is C13H12ClN3S. The van der Waals surface area contributed by atoms with E-state index in [1.807, 2.05) is 24.4 Å². The molecule has 1 aromatic carbocycles. The van der Waals surface area contributed by atoms with Crippen LogP contribution in [0.15, 0.2) is 23.6 Å². The summed E-state index contributed by atoms with van der Waals surface area (Å²) in [5.74, 6) is 0.725. The minimum absolute atomic E-state index is 0.725. The third-order valence-electron chi connectivity index (χ3n) is 2.89.